The summed E-state index contributed by atoms with van der Waals surface area (Å²) in [6, 6.07) is 8.17. The van der Waals surface area contributed by atoms with Gasteiger partial charge in [-0.15, -0.1) is 21.5 Å². The van der Waals surface area contributed by atoms with Gasteiger partial charge in [0.25, 0.3) is 5.69 Å². The predicted octanol–water partition coefficient (Wildman–Crippen LogP) is 4.23. The summed E-state index contributed by atoms with van der Waals surface area (Å²) in [4.78, 5) is 24.1. The van der Waals surface area contributed by atoms with Gasteiger partial charge in [-0.05, 0) is 25.5 Å². The number of nitro benzene ring substituents is 1. The second-order valence-electron chi connectivity index (χ2n) is 5.82. The molecule has 2 heterocycles. The summed E-state index contributed by atoms with van der Waals surface area (Å²) < 4.78 is 1.96. The van der Waals surface area contributed by atoms with Gasteiger partial charge in [-0.2, -0.15) is 0 Å². The summed E-state index contributed by atoms with van der Waals surface area (Å²) in [6.07, 6.45) is 0.971. The number of hydrogen-bond donors (Lipinski definition) is 1. The molecule has 0 fully saturated rings. The lowest BCUT2D eigenvalue weighted by atomic mass is 10.2. The van der Waals surface area contributed by atoms with Crippen LogP contribution in [0.15, 0.2) is 40.9 Å². The first-order chi connectivity index (χ1) is 13.5. The Morgan fingerprint density at radius 3 is 2.79 bits per heavy atom. The topological polar surface area (TPSA) is 103 Å². The van der Waals surface area contributed by atoms with E-state index in [-0.39, 0.29) is 23.0 Å². The van der Waals surface area contributed by atoms with Crippen molar-refractivity contribution in [1.29, 1.82) is 0 Å². The van der Waals surface area contributed by atoms with Crippen molar-refractivity contribution in [1.82, 2.24) is 14.8 Å². The Morgan fingerprint density at radius 2 is 2.11 bits per heavy atom. The molecule has 28 heavy (non-hydrogen) atoms. The Morgan fingerprint density at radius 1 is 1.32 bits per heavy atom. The molecule has 0 aliphatic carbocycles. The standard InChI is InChI=1S/C18H19N5O3S2/c1-3-13-9-12(10-27-13)17-20-21-18(22(17)4-2)28-11-16(24)19-14-7-5-6-8-15(14)23(25)26/h5-10H,3-4,11H2,1-2H3,(H,19,24). The fourth-order valence-corrected chi connectivity index (χ4v) is 4.25. The molecule has 0 spiro atoms. The van der Waals surface area contributed by atoms with Crippen LogP contribution in [0, 0.1) is 10.1 Å². The first-order valence-electron chi connectivity index (χ1n) is 8.70. The van der Waals surface area contributed by atoms with E-state index in [2.05, 4.69) is 33.9 Å². The molecule has 1 amide bonds. The van der Waals surface area contributed by atoms with E-state index in [1.807, 2.05) is 11.5 Å². The zero-order valence-electron chi connectivity index (χ0n) is 15.4. The molecule has 0 radical (unpaired) electrons. The van der Waals surface area contributed by atoms with Gasteiger partial charge in [-0.25, -0.2) is 0 Å². The van der Waals surface area contributed by atoms with Gasteiger partial charge in [-0.3, -0.25) is 14.9 Å². The maximum Gasteiger partial charge on any atom is 0.292 e. The van der Waals surface area contributed by atoms with E-state index in [1.54, 1.807) is 23.5 Å². The molecule has 8 nitrogen and oxygen atoms in total. The minimum Gasteiger partial charge on any atom is -0.320 e. The van der Waals surface area contributed by atoms with Crippen LogP contribution in [0.2, 0.25) is 0 Å². The number of nitro groups is 1. The molecule has 0 bridgehead atoms. The van der Waals surface area contributed by atoms with Crippen LogP contribution in [0.4, 0.5) is 11.4 Å². The first kappa shape index (κ1) is 20.0. The molecule has 0 saturated carbocycles. The minimum absolute atomic E-state index is 0.0774. The van der Waals surface area contributed by atoms with Crippen LogP contribution in [0.1, 0.15) is 18.7 Å². The van der Waals surface area contributed by atoms with Crippen molar-refractivity contribution in [3.8, 4) is 11.4 Å². The zero-order valence-corrected chi connectivity index (χ0v) is 17.0. The number of nitrogens with zero attached hydrogens (tertiary/aromatic N) is 4. The highest BCUT2D eigenvalue weighted by molar-refractivity contribution is 7.99. The fraction of sp³-hybridized carbons (Fsp3) is 0.278. The predicted molar refractivity (Wildman–Crippen MR) is 111 cm³/mol. The maximum atomic E-state index is 12.3. The number of aryl methyl sites for hydroxylation is 1. The molecule has 0 saturated heterocycles. The van der Waals surface area contributed by atoms with E-state index < -0.39 is 4.92 Å². The van der Waals surface area contributed by atoms with Crippen LogP contribution in [-0.4, -0.2) is 31.3 Å². The molecule has 3 aromatic rings. The summed E-state index contributed by atoms with van der Waals surface area (Å²) in [5.41, 5.74) is 1.07. The number of aromatic nitrogens is 3. The van der Waals surface area contributed by atoms with Crippen molar-refractivity contribution in [3.05, 3.63) is 50.7 Å². The normalized spacial score (nSPS) is 10.8. The highest BCUT2D eigenvalue weighted by atomic mass is 32.2. The molecular formula is C18H19N5O3S2. The third kappa shape index (κ3) is 4.39. The quantitative estimate of drug-likeness (QED) is 0.334. The Labute approximate surface area is 170 Å². The lowest BCUT2D eigenvalue weighted by molar-refractivity contribution is -0.383. The number of hydrogen-bond acceptors (Lipinski definition) is 7. The Bertz CT molecular complexity index is 999. The van der Waals surface area contributed by atoms with Crippen LogP contribution in [0.25, 0.3) is 11.4 Å². The van der Waals surface area contributed by atoms with Gasteiger partial charge >= 0.3 is 0 Å². The number of thioether (sulfide) groups is 1. The summed E-state index contributed by atoms with van der Waals surface area (Å²) in [7, 11) is 0. The number of nitrogens with one attached hydrogen (secondary N) is 1. The monoisotopic (exact) mass is 417 g/mol. The van der Waals surface area contributed by atoms with Gasteiger partial charge in [0, 0.05) is 28.4 Å². The Balaban J connectivity index is 1.69. The average molecular weight is 418 g/mol. The van der Waals surface area contributed by atoms with E-state index in [0.29, 0.717) is 11.7 Å². The Kier molecular flexibility index (Phi) is 6.42. The van der Waals surface area contributed by atoms with Crippen molar-refractivity contribution in [2.45, 2.75) is 32.0 Å². The van der Waals surface area contributed by atoms with Gasteiger partial charge in [0.2, 0.25) is 5.91 Å². The summed E-state index contributed by atoms with van der Waals surface area (Å²) >= 11 is 2.94. The fourth-order valence-electron chi connectivity index (χ4n) is 2.63. The SMILES string of the molecule is CCc1cc(-c2nnc(SCC(=O)Nc3ccccc3[N+](=O)[O-])n2CC)cs1. The molecular weight excluding hydrogens is 398 g/mol. The molecule has 1 N–H and O–H groups in total. The average Bonchev–Trinajstić information content (AvgIpc) is 3.32. The van der Waals surface area contributed by atoms with E-state index in [1.165, 1.54) is 28.8 Å². The minimum atomic E-state index is -0.520. The number of carbonyl (C=O) groups is 1. The molecule has 0 aliphatic rings. The number of para-hydroxylation sites is 2. The van der Waals surface area contributed by atoms with Crippen molar-refractivity contribution in [2.24, 2.45) is 0 Å². The first-order valence-corrected chi connectivity index (χ1v) is 10.6. The number of carbonyl (C=O) groups excluding carboxylic acids is 1. The van der Waals surface area contributed by atoms with Crippen LogP contribution in [-0.2, 0) is 17.8 Å². The zero-order chi connectivity index (χ0) is 20.1. The number of benzene rings is 1. The molecule has 3 rings (SSSR count). The third-order valence-corrected chi connectivity index (χ3v) is 6.05. The molecule has 0 unspecified atom stereocenters. The van der Waals surface area contributed by atoms with Crippen LogP contribution in [0.3, 0.4) is 0 Å². The van der Waals surface area contributed by atoms with E-state index in [4.69, 9.17) is 0 Å². The lowest BCUT2D eigenvalue weighted by Gasteiger charge is -2.07. The number of anilines is 1. The number of rotatable bonds is 8. The number of thiophene rings is 1. The second kappa shape index (κ2) is 8.98. The molecule has 0 aliphatic heterocycles. The molecule has 10 heteroatoms. The number of amides is 1. The van der Waals surface area contributed by atoms with Crippen LogP contribution in [0.5, 0.6) is 0 Å². The van der Waals surface area contributed by atoms with Crippen LogP contribution >= 0.6 is 23.1 Å². The molecule has 146 valence electrons. The van der Waals surface area contributed by atoms with E-state index in [9.17, 15) is 14.9 Å². The third-order valence-electron chi connectivity index (χ3n) is 4.00. The smallest absolute Gasteiger partial charge is 0.292 e. The van der Waals surface area contributed by atoms with Crippen molar-refractivity contribution >= 4 is 40.4 Å². The maximum absolute atomic E-state index is 12.3. The van der Waals surface area contributed by atoms with Crippen molar-refractivity contribution < 1.29 is 9.72 Å². The molecule has 2 aromatic heterocycles. The summed E-state index contributed by atoms with van der Waals surface area (Å²) in [6.45, 7) is 4.78. The largest absolute Gasteiger partial charge is 0.320 e. The van der Waals surface area contributed by atoms with Gasteiger partial charge in [0.05, 0.1) is 10.7 Å². The van der Waals surface area contributed by atoms with Crippen molar-refractivity contribution in [2.75, 3.05) is 11.1 Å². The van der Waals surface area contributed by atoms with Gasteiger partial charge in [0.15, 0.2) is 11.0 Å². The van der Waals surface area contributed by atoms with Crippen LogP contribution < -0.4 is 5.32 Å². The van der Waals surface area contributed by atoms with Gasteiger partial charge < -0.3 is 9.88 Å². The highest BCUT2D eigenvalue weighted by Gasteiger charge is 2.18. The van der Waals surface area contributed by atoms with Gasteiger partial charge in [-0.1, -0.05) is 30.8 Å². The molecule has 1 aromatic carbocycles. The van der Waals surface area contributed by atoms with E-state index >= 15 is 0 Å². The van der Waals surface area contributed by atoms with Gasteiger partial charge in [0.1, 0.15) is 5.69 Å². The Hall–Kier alpha value is -2.72. The lowest BCUT2D eigenvalue weighted by Crippen LogP contribution is -2.15. The summed E-state index contributed by atoms with van der Waals surface area (Å²) in [5.74, 6) is 0.518. The van der Waals surface area contributed by atoms with E-state index in [0.717, 1.165) is 17.8 Å². The highest BCUT2D eigenvalue weighted by Crippen LogP contribution is 2.28. The summed E-state index contributed by atoms with van der Waals surface area (Å²) in [5, 5.41) is 24.8. The second-order valence-corrected chi connectivity index (χ2v) is 7.76. The van der Waals surface area contributed by atoms with Crippen molar-refractivity contribution in [3.63, 3.8) is 0 Å². The molecule has 0 atom stereocenters.